The molecule has 2 fully saturated rings. The van der Waals surface area contributed by atoms with Gasteiger partial charge in [0.1, 0.15) is 11.6 Å². The van der Waals surface area contributed by atoms with Gasteiger partial charge in [0.25, 0.3) is 0 Å². The number of carbonyl (C=O) groups is 1. The van der Waals surface area contributed by atoms with Crippen LogP contribution in [0.3, 0.4) is 0 Å². The summed E-state index contributed by atoms with van der Waals surface area (Å²) in [6.07, 6.45) is 2.17. The number of carbonyl (C=O) groups excluding carboxylic acids is 1. The van der Waals surface area contributed by atoms with Crippen molar-refractivity contribution < 1.29 is 13.6 Å². The van der Waals surface area contributed by atoms with E-state index in [1.54, 1.807) is 0 Å². The zero-order chi connectivity index (χ0) is 15.0. The third-order valence-corrected chi connectivity index (χ3v) is 4.56. The molecule has 0 spiro atoms. The first kappa shape index (κ1) is 17.1. The number of nitrogens with two attached hydrogens (primary N) is 1. The number of anilines is 1. The van der Waals surface area contributed by atoms with Crippen LogP contribution in [0, 0.1) is 23.5 Å². The van der Waals surface area contributed by atoms with Gasteiger partial charge in [0.15, 0.2) is 0 Å². The second-order valence-corrected chi connectivity index (χ2v) is 6.03. The van der Waals surface area contributed by atoms with E-state index in [-0.39, 0.29) is 36.6 Å². The third kappa shape index (κ3) is 3.56. The molecule has 122 valence electrons. The van der Waals surface area contributed by atoms with Crippen molar-refractivity contribution in [3.8, 4) is 0 Å². The average molecular weight is 332 g/mol. The Morgan fingerprint density at radius 2 is 2.09 bits per heavy atom. The number of nitrogens with zero attached hydrogens (tertiary/aromatic N) is 1. The highest BCUT2D eigenvalue weighted by Gasteiger charge is 2.41. The second-order valence-electron chi connectivity index (χ2n) is 6.03. The SMILES string of the molecule is Cl.NC1CCC2CN(CC(=O)Nc3cc(F)ccc3F)CC12. The van der Waals surface area contributed by atoms with Gasteiger partial charge in [0, 0.05) is 25.2 Å². The molecule has 0 aromatic heterocycles. The van der Waals surface area contributed by atoms with E-state index in [0.29, 0.717) is 11.8 Å². The minimum Gasteiger partial charge on any atom is -0.327 e. The maximum atomic E-state index is 13.5. The normalized spacial score (nSPS) is 27.3. The quantitative estimate of drug-likeness (QED) is 0.890. The first-order chi connectivity index (χ1) is 10.0. The second kappa shape index (κ2) is 6.89. The topological polar surface area (TPSA) is 58.4 Å². The highest BCUT2D eigenvalue weighted by molar-refractivity contribution is 5.92. The van der Waals surface area contributed by atoms with Crippen LogP contribution in [-0.4, -0.2) is 36.5 Å². The smallest absolute Gasteiger partial charge is 0.238 e. The van der Waals surface area contributed by atoms with Crippen LogP contribution in [0.1, 0.15) is 12.8 Å². The monoisotopic (exact) mass is 331 g/mol. The third-order valence-electron chi connectivity index (χ3n) is 4.56. The van der Waals surface area contributed by atoms with Crippen LogP contribution in [0.25, 0.3) is 0 Å². The fraction of sp³-hybridized carbons (Fsp3) is 0.533. The molecule has 2 aliphatic rings. The van der Waals surface area contributed by atoms with Gasteiger partial charge in [-0.05, 0) is 36.8 Å². The number of hydrogen-bond acceptors (Lipinski definition) is 3. The van der Waals surface area contributed by atoms with Crippen LogP contribution in [0.4, 0.5) is 14.5 Å². The average Bonchev–Trinajstić information content (AvgIpc) is 2.96. The molecule has 7 heteroatoms. The molecule has 1 aromatic rings. The minimum atomic E-state index is -0.634. The molecule has 3 unspecified atom stereocenters. The van der Waals surface area contributed by atoms with Crippen molar-refractivity contribution in [3.05, 3.63) is 29.8 Å². The molecule has 3 atom stereocenters. The summed E-state index contributed by atoms with van der Waals surface area (Å²) in [7, 11) is 0. The summed E-state index contributed by atoms with van der Waals surface area (Å²) in [6.45, 7) is 1.86. The van der Waals surface area contributed by atoms with E-state index in [9.17, 15) is 13.6 Å². The molecular weight excluding hydrogens is 312 g/mol. The molecule has 0 bridgehead atoms. The first-order valence-electron chi connectivity index (χ1n) is 7.26. The Morgan fingerprint density at radius 3 is 2.82 bits per heavy atom. The molecule has 1 saturated heterocycles. The van der Waals surface area contributed by atoms with Crippen molar-refractivity contribution in [2.24, 2.45) is 17.6 Å². The number of rotatable bonds is 3. The maximum Gasteiger partial charge on any atom is 0.238 e. The van der Waals surface area contributed by atoms with Gasteiger partial charge in [0.2, 0.25) is 5.91 Å². The predicted octanol–water partition coefficient (Wildman–Crippen LogP) is 1.99. The number of benzene rings is 1. The van der Waals surface area contributed by atoms with Crippen LogP contribution in [0.2, 0.25) is 0 Å². The Kier molecular flexibility index (Phi) is 5.36. The summed E-state index contributed by atoms with van der Waals surface area (Å²) in [5, 5.41) is 2.43. The summed E-state index contributed by atoms with van der Waals surface area (Å²) in [5.74, 6) is -0.506. The molecule has 3 N–H and O–H groups in total. The predicted molar refractivity (Wildman–Crippen MR) is 82.9 cm³/mol. The van der Waals surface area contributed by atoms with Gasteiger partial charge >= 0.3 is 0 Å². The number of fused-ring (bicyclic) bond motifs is 1. The van der Waals surface area contributed by atoms with Crippen LogP contribution >= 0.6 is 12.4 Å². The van der Waals surface area contributed by atoms with Gasteiger partial charge in [-0.2, -0.15) is 0 Å². The van der Waals surface area contributed by atoms with Gasteiger partial charge in [-0.3, -0.25) is 9.69 Å². The van der Waals surface area contributed by atoms with E-state index in [4.69, 9.17) is 5.73 Å². The van der Waals surface area contributed by atoms with E-state index in [0.717, 1.165) is 44.1 Å². The summed E-state index contributed by atoms with van der Waals surface area (Å²) in [5.41, 5.74) is 5.94. The molecule has 22 heavy (non-hydrogen) atoms. The lowest BCUT2D eigenvalue weighted by Gasteiger charge is -2.18. The number of amides is 1. The molecule has 1 amide bonds. The Labute approximate surface area is 134 Å². The Balaban J connectivity index is 0.00000176. The molecule has 1 saturated carbocycles. The number of halogens is 3. The Hall–Kier alpha value is -1.24. The summed E-state index contributed by atoms with van der Waals surface area (Å²) < 4.78 is 26.5. The van der Waals surface area contributed by atoms with Gasteiger partial charge in [-0.25, -0.2) is 8.78 Å². The van der Waals surface area contributed by atoms with Crippen LogP contribution < -0.4 is 11.1 Å². The highest BCUT2D eigenvalue weighted by Crippen LogP contribution is 2.36. The van der Waals surface area contributed by atoms with Crippen LogP contribution in [0.15, 0.2) is 18.2 Å². The molecule has 1 heterocycles. The van der Waals surface area contributed by atoms with Crippen molar-refractivity contribution in [2.75, 3.05) is 25.0 Å². The molecule has 3 rings (SSSR count). The highest BCUT2D eigenvalue weighted by atomic mass is 35.5. The van der Waals surface area contributed by atoms with Gasteiger partial charge in [0.05, 0.1) is 12.2 Å². The number of likely N-dealkylation sites (tertiary alicyclic amines) is 1. The molecule has 4 nitrogen and oxygen atoms in total. The Morgan fingerprint density at radius 1 is 1.32 bits per heavy atom. The standard InChI is InChI=1S/C15H19F2N3O.ClH/c16-10-2-3-12(17)14(5-10)19-15(21)8-20-6-9-1-4-13(18)11(9)7-20;/h2-3,5,9,11,13H,1,4,6-8,18H2,(H,19,21);1H. The molecule has 1 aromatic carbocycles. The van der Waals surface area contributed by atoms with E-state index in [1.165, 1.54) is 0 Å². The van der Waals surface area contributed by atoms with E-state index in [2.05, 4.69) is 5.32 Å². The molecular formula is C15H20ClF2N3O. The van der Waals surface area contributed by atoms with Crippen LogP contribution in [-0.2, 0) is 4.79 Å². The van der Waals surface area contributed by atoms with E-state index in [1.807, 2.05) is 4.90 Å². The summed E-state index contributed by atoms with van der Waals surface area (Å²) >= 11 is 0. The van der Waals surface area contributed by atoms with Gasteiger partial charge < -0.3 is 11.1 Å². The van der Waals surface area contributed by atoms with Gasteiger partial charge in [-0.15, -0.1) is 12.4 Å². The fourth-order valence-electron chi connectivity index (χ4n) is 3.51. The van der Waals surface area contributed by atoms with Gasteiger partial charge in [-0.1, -0.05) is 0 Å². The number of hydrogen-bond donors (Lipinski definition) is 2. The zero-order valence-corrected chi connectivity index (χ0v) is 12.9. The number of nitrogens with one attached hydrogen (secondary N) is 1. The Bertz CT molecular complexity index is 558. The maximum absolute atomic E-state index is 13.5. The van der Waals surface area contributed by atoms with Crippen LogP contribution in [0.5, 0.6) is 0 Å². The van der Waals surface area contributed by atoms with Crippen molar-refractivity contribution in [3.63, 3.8) is 0 Å². The summed E-state index contributed by atoms with van der Waals surface area (Å²) in [4.78, 5) is 14.0. The van der Waals surface area contributed by atoms with Crippen molar-refractivity contribution >= 4 is 24.0 Å². The lowest BCUT2D eigenvalue weighted by atomic mass is 9.98. The molecule has 1 aliphatic heterocycles. The fourth-order valence-corrected chi connectivity index (χ4v) is 3.51. The lowest BCUT2D eigenvalue weighted by Crippen LogP contribution is -2.34. The summed E-state index contributed by atoms with van der Waals surface area (Å²) in [6, 6.07) is 3.24. The lowest BCUT2D eigenvalue weighted by molar-refractivity contribution is -0.117. The zero-order valence-electron chi connectivity index (χ0n) is 12.1. The molecule has 0 radical (unpaired) electrons. The van der Waals surface area contributed by atoms with Crippen molar-refractivity contribution in [2.45, 2.75) is 18.9 Å². The van der Waals surface area contributed by atoms with Crippen molar-refractivity contribution in [1.29, 1.82) is 0 Å². The van der Waals surface area contributed by atoms with E-state index < -0.39 is 11.6 Å². The minimum absolute atomic E-state index is 0. The van der Waals surface area contributed by atoms with E-state index >= 15 is 0 Å². The largest absolute Gasteiger partial charge is 0.327 e. The molecule has 1 aliphatic carbocycles. The first-order valence-corrected chi connectivity index (χ1v) is 7.26. The van der Waals surface area contributed by atoms with Crippen molar-refractivity contribution in [1.82, 2.24) is 4.90 Å².